The van der Waals surface area contributed by atoms with Gasteiger partial charge in [-0.2, -0.15) is 18.3 Å². The first-order chi connectivity index (χ1) is 10.3. The van der Waals surface area contributed by atoms with Crippen molar-refractivity contribution < 1.29 is 13.2 Å². The summed E-state index contributed by atoms with van der Waals surface area (Å²) in [5.41, 5.74) is 0.0232. The van der Waals surface area contributed by atoms with E-state index in [9.17, 15) is 18.0 Å². The highest BCUT2D eigenvalue weighted by molar-refractivity contribution is 6.30. The van der Waals surface area contributed by atoms with Gasteiger partial charge in [0.15, 0.2) is 0 Å². The predicted molar refractivity (Wildman–Crippen MR) is 72.7 cm³/mol. The van der Waals surface area contributed by atoms with E-state index < -0.39 is 17.8 Å². The molecule has 3 rings (SSSR count). The quantitative estimate of drug-likeness (QED) is 0.847. The van der Waals surface area contributed by atoms with E-state index in [4.69, 9.17) is 11.6 Å². The summed E-state index contributed by atoms with van der Waals surface area (Å²) in [4.78, 5) is 16.3. The summed E-state index contributed by atoms with van der Waals surface area (Å²) in [6.45, 7) is -0.265. The highest BCUT2D eigenvalue weighted by atomic mass is 35.5. The molecular weight excluding hydrogens is 321 g/mol. The van der Waals surface area contributed by atoms with Crippen molar-refractivity contribution in [2.45, 2.75) is 32.1 Å². The van der Waals surface area contributed by atoms with E-state index in [1.807, 2.05) is 0 Å². The minimum absolute atomic E-state index is 0.0425. The van der Waals surface area contributed by atoms with Crippen molar-refractivity contribution in [3.63, 3.8) is 0 Å². The molecule has 0 aliphatic carbocycles. The molecule has 0 saturated carbocycles. The Hall–Kier alpha value is -1.83. The summed E-state index contributed by atoms with van der Waals surface area (Å²) >= 11 is 5.73. The molecule has 118 valence electrons. The molecule has 22 heavy (non-hydrogen) atoms. The van der Waals surface area contributed by atoms with Crippen LogP contribution in [0.2, 0.25) is 5.02 Å². The van der Waals surface area contributed by atoms with Gasteiger partial charge < -0.3 is 0 Å². The van der Waals surface area contributed by atoms with Crippen LogP contribution in [0.1, 0.15) is 17.9 Å². The van der Waals surface area contributed by atoms with Crippen LogP contribution in [0.4, 0.5) is 13.2 Å². The van der Waals surface area contributed by atoms with Crippen molar-refractivity contribution in [3.8, 4) is 0 Å². The van der Waals surface area contributed by atoms with Crippen LogP contribution in [-0.4, -0.2) is 25.5 Å². The number of hydrogen-bond donors (Lipinski definition) is 0. The standard InChI is InChI=1S/C13H12ClF3N4O/c14-9-2-3-10(18-5-9)7-21-12(22)20-6-8(13(15,16)17)1-4-11(20)19-21/h2-3,5,8H,1,4,6-7H2/t8-/m1/s1. The van der Waals surface area contributed by atoms with Crippen LogP contribution in [0.25, 0.3) is 0 Å². The van der Waals surface area contributed by atoms with Gasteiger partial charge in [0, 0.05) is 19.2 Å². The maximum atomic E-state index is 12.8. The molecule has 3 heterocycles. The minimum atomic E-state index is -4.29. The molecule has 9 heteroatoms. The zero-order valence-corrected chi connectivity index (χ0v) is 12.1. The molecule has 1 atom stereocenters. The van der Waals surface area contributed by atoms with Crippen LogP contribution in [-0.2, 0) is 19.5 Å². The Morgan fingerprint density at radius 1 is 1.36 bits per heavy atom. The van der Waals surface area contributed by atoms with Crippen LogP contribution in [0.15, 0.2) is 23.1 Å². The summed E-state index contributed by atoms with van der Waals surface area (Å²) in [5.74, 6) is -1.11. The van der Waals surface area contributed by atoms with Crippen LogP contribution in [0.3, 0.4) is 0 Å². The third-order valence-electron chi connectivity index (χ3n) is 3.68. The molecule has 0 fully saturated rings. The molecule has 0 N–H and O–H groups in total. The van der Waals surface area contributed by atoms with Gasteiger partial charge in [0.05, 0.1) is 23.2 Å². The van der Waals surface area contributed by atoms with Crippen LogP contribution >= 0.6 is 11.6 Å². The number of pyridine rings is 1. The van der Waals surface area contributed by atoms with Gasteiger partial charge in [0.1, 0.15) is 5.82 Å². The average Bonchev–Trinajstić information content (AvgIpc) is 2.77. The molecule has 0 bridgehead atoms. The van der Waals surface area contributed by atoms with E-state index in [2.05, 4.69) is 10.1 Å². The molecule has 0 unspecified atom stereocenters. The predicted octanol–water partition coefficient (Wildman–Crippen LogP) is 2.27. The first kappa shape index (κ1) is 15.1. The van der Waals surface area contributed by atoms with Crippen molar-refractivity contribution in [2.75, 3.05) is 0 Å². The maximum Gasteiger partial charge on any atom is 0.393 e. The lowest BCUT2D eigenvalue weighted by molar-refractivity contribution is -0.182. The van der Waals surface area contributed by atoms with E-state index in [-0.39, 0.29) is 25.9 Å². The second kappa shape index (κ2) is 5.42. The topological polar surface area (TPSA) is 52.7 Å². The van der Waals surface area contributed by atoms with Gasteiger partial charge in [-0.1, -0.05) is 11.6 Å². The highest BCUT2D eigenvalue weighted by Gasteiger charge is 2.42. The van der Waals surface area contributed by atoms with Crippen molar-refractivity contribution in [1.29, 1.82) is 0 Å². The average molecular weight is 333 g/mol. The Labute approximate surface area is 128 Å². The molecule has 5 nitrogen and oxygen atoms in total. The molecule has 0 saturated heterocycles. The van der Waals surface area contributed by atoms with Gasteiger partial charge in [-0.3, -0.25) is 9.55 Å². The molecule has 1 aliphatic rings. The molecule has 0 aromatic carbocycles. The van der Waals surface area contributed by atoms with Gasteiger partial charge in [-0.05, 0) is 18.6 Å². The normalized spacial score (nSPS) is 18.3. The third kappa shape index (κ3) is 2.87. The van der Waals surface area contributed by atoms with Gasteiger partial charge in [0.25, 0.3) is 0 Å². The zero-order chi connectivity index (χ0) is 15.9. The first-order valence-electron chi connectivity index (χ1n) is 6.68. The molecule has 1 aliphatic heterocycles. The number of alkyl halides is 3. The summed E-state index contributed by atoms with van der Waals surface area (Å²) in [6.07, 6.45) is -2.76. The van der Waals surface area contributed by atoms with Crippen molar-refractivity contribution in [1.82, 2.24) is 19.3 Å². The second-order valence-electron chi connectivity index (χ2n) is 5.21. The van der Waals surface area contributed by atoms with Crippen molar-refractivity contribution in [3.05, 3.63) is 45.4 Å². The summed E-state index contributed by atoms with van der Waals surface area (Å²) in [7, 11) is 0. The molecule has 2 aromatic rings. The number of fused-ring (bicyclic) bond motifs is 1. The van der Waals surface area contributed by atoms with Crippen LogP contribution in [0.5, 0.6) is 0 Å². The largest absolute Gasteiger partial charge is 0.393 e. The lowest BCUT2D eigenvalue weighted by atomic mass is 9.99. The summed E-state index contributed by atoms with van der Waals surface area (Å²) < 4.78 is 40.6. The van der Waals surface area contributed by atoms with Crippen LogP contribution in [0, 0.1) is 5.92 Å². The number of nitrogens with zero attached hydrogens (tertiary/aromatic N) is 4. The Balaban J connectivity index is 1.86. The fourth-order valence-electron chi connectivity index (χ4n) is 2.49. The number of rotatable bonds is 2. The minimum Gasteiger partial charge on any atom is -0.278 e. The van der Waals surface area contributed by atoms with Gasteiger partial charge in [-0.25, -0.2) is 9.48 Å². The number of halogens is 4. The summed E-state index contributed by atoms with van der Waals surface area (Å²) in [5, 5.41) is 4.58. The Bertz CT molecular complexity index is 735. The lowest BCUT2D eigenvalue weighted by Crippen LogP contribution is -2.36. The number of hydrogen-bond acceptors (Lipinski definition) is 3. The van der Waals surface area contributed by atoms with Gasteiger partial charge >= 0.3 is 11.9 Å². The van der Waals surface area contributed by atoms with Gasteiger partial charge in [-0.15, -0.1) is 0 Å². The Kier molecular flexibility index (Phi) is 3.72. The van der Waals surface area contributed by atoms with Crippen LogP contribution < -0.4 is 5.69 Å². The van der Waals surface area contributed by atoms with E-state index in [0.717, 1.165) is 9.25 Å². The third-order valence-corrected chi connectivity index (χ3v) is 3.91. The highest BCUT2D eigenvalue weighted by Crippen LogP contribution is 2.33. The van der Waals surface area contributed by atoms with Crippen molar-refractivity contribution in [2.24, 2.45) is 5.92 Å². The summed E-state index contributed by atoms with van der Waals surface area (Å²) in [6, 6.07) is 3.27. The molecule has 0 spiro atoms. The van der Waals surface area contributed by atoms with Gasteiger partial charge in [0.2, 0.25) is 0 Å². The Morgan fingerprint density at radius 3 is 2.77 bits per heavy atom. The fraction of sp³-hybridized carbons (Fsp3) is 0.462. The second-order valence-corrected chi connectivity index (χ2v) is 5.65. The smallest absolute Gasteiger partial charge is 0.278 e. The van der Waals surface area contributed by atoms with E-state index in [1.165, 1.54) is 6.20 Å². The molecule has 0 amide bonds. The number of aryl methyl sites for hydroxylation is 1. The zero-order valence-electron chi connectivity index (χ0n) is 11.3. The lowest BCUT2D eigenvalue weighted by Gasteiger charge is -2.24. The van der Waals surface area contributed by atoms with E-state index >= 15 is 0 Å². The first-order valence-corrected chi connectivity index (χ1v) is 7.06. The SMILES string of the molecule is O=c1n(Cc2ccc(Cl)cn2)nc2n1C[C@H](C(F)(F)F)CC2. The molecule has 0 radical (unpaired) electrons. The van der Waals surface area contributed by atoms with Crippen molar-refractivity contribution >= 4 is 11.6 Å². The molecule has 2 aromatic heterocycles. The number of aromatic nitrogens is 4. The van der Waals surface area contributed by atoms with E-state index in [1.54, 1.807) is 12.1 Å². The molecular formula is C13H12ClF3N4O. The monoisotopic (exact) mass is 332 g/mol. The maximum absolute atomic E-state index is 12.8. The van der Waals surface area contributed by atoms with E-state index in [0.29, 0.717) is 16.5 Å². The fourth-order valence-corrected chi connectivity index (χ4v) is 2.60. The Morgan fingerprint density at radius 2 is 2.14 bits per heavy atom.